The first-order chi connectivity index (χ1) is 11.9. The van der Waals surface area contributed by atoms with E-state index < -0.39 is 5.66 Å². The highest BCUT2D eigenvalue weighted by Crippen LogP contribution is 2.30. The first kappa shape index (κ1) is 18.2. The fraction of sp³-hybridized carbons (Fsp3) is 0.316. The van der Waals surface area contributed by atoms with Crippen molar-refractivity contribution in [2.24, 2.45) is 16.6 Å². The summed E-state index contributed by atoms with van der Waals surface area (Å²) in [5, 5.41) is 6.63. The van der Waals surface area contributed by atoms with E-state index in [0.29, 0.717) is 12.3 Å². The molecule has 4 N–H and O–H groups in total. The van der Waals surface area contributed by atoms with Crippen LogP contribution in [0.25, 0.3) is 10.4 Å². The standard InChI is InChI=1S/C19H23BrN4S/c1-13(2)12-23-18-22-10-9-19(21,24-18)11-16-7-8-17(25-16)14-3-5-15(20)6-4-14/h3-10,13H,11-12,21H2,1-2H3,(H2,22,23,24). The number of aliphatic imine (C=N–C) groups is 1. The number of halogens is 1. The molecule has 0 fully saturated rings. The summed E-state index contributed by atoms with van der Waals surface area (Å²) in [5.74, 6) is 1.29. The number of nitrogens with zero attached hydrogens (tertiary/aromatic N) is 1. The number of nitrogens with one attached hydrogen (secondary N) is 2. The zero-order valence-electron chi connectivity index (χ0n) is 14.4. The molecule has 1 aromatic heterocycles. The number of rotatable bonds is 5. The molecule has 0 bridgehead atoms. The van der Waals surface area contributed by atoms with Crippen LogP contribution >= 0.6 is 27.3 Å². The van der Waals surface area contributed by atoms with Gasteiger partial charge in [0.05, 0.1) is 0 Å². The fourth-order valence-electron chi connectivity index (χ4n) is 2.56. The van der Waals surface area contributed by atoms with Crippen molar-refractivity contribution in [1.29, 1.82) is 0 Å². The SMILES string of the molecule is CC(C)CNC1=NC=CC(N)(Cc2ccc(-c3ccc(Br)cc3)s2)N1. The van der Waals surface area contributed by atoms with E-state index in [-0.39, 0.29) is 0 Å². The second kappa shape index (κ2) is 7.72. The van der Waals surface area contributed by atoms with E-state index in [2.05, 4.69) is 81.8 Å². The van der Waals surface area contributed by atoms with Gasteiger partial charge in [0.25, 0.3) is 0 Å². The molecule has 25 heavy (non-hydrogen) atoms. The quantitative estimate of drug-likeness (QED) is 0.684. The van der Waals surface area contributed by atoms with Crippen LogP contribution in [0.1, 0.15) is 18.7 Å². The first-order valence-electron chi connectivity index (χ1n) is 8.35. The average molecular weight is 419 g/mol. The van der Waals surface area contributed by atoms with Crippen LogP contribution in [-0.2, 0) is 6.42 Å². The number of hydrogen-bond donors (Lipinski definition) is 3. The zero-order chi connectivity index (χ0) is 17.9. The minimum absolute atomic E-state index is 0.549. The van der Waals surface area contributed by atoms with Crippen LogP contribution in [0.5, 0.6) is 0 Å². The highest BCUT2D eigenvalue weighted by molar-refractivity contribution is 9.10. The molecule has 0 radical (unpaired) electrons. The van der Waals surface area contributed by atoms with E-state index in [1.807, 2.05) is 6.08 Å². The molecule has 0 spiro atoms. The molecule has 4 nitrogen and oxygen atoms in total. The van der Waals surface area contributed by atoms with Gasteiger partial charge in [0, 0.05) is 33.4 Å². The van der Waals surface area contributed by atoms with Crippen molar-refractivity contribution < 1.29 is 0 Å². The van der Waals surface area contributed by atoms with Crippen LogP contribution < -0.4 is 16.4 Å². The Balaban J connectivity index is 1.67. The van der Waals surface area contributed by atoms with Crippen molar-refractivity contribution >= 4 is 33.2 Å². The molecule has 1 aliphatic heterocycles. The molecular formula is C19H23BrN4S. The van der Waals surface area contributed by atoms with Crippen LogP contribution in [-0.4, -0.2) is 18.2 Å². The van der Waals surface area contributed by atoms with Crippen molar-refractivity contribution in [3.8, 4) is 10.4 Å². The predicted molar refractivity (Wildman–Crippen MR) is 111 cm³/mol. The molecular weight excluding hydrogens is 396 g/mol. The van der Waals surface area contributed by atoms with Crippen molar-refractivity contribution in [1.82, 2.24) is 10.6 Å². The topological polar surface area (TPSA) is 62.4 Å². The van der Waals surface area contributed by atoms with E-state index >= 15 is 0 Å². The van der Waals surface area contributed by atoms with Gasteiger partial charge in [0.15, 0.2) is 5.96 Å². The van der Waals surface area contributed by atoms with E-state index in [9.17, 15) is 0 Å². The lowest BCUT2D eigenvalue weighted by Crippen LogP contribution is -2.60. The summed E-state index contributed by atoms with van der Waals surface area (Å²) in [7, 11) is 0. The van der Waals surface area contributed by atoms with Gasteiger partial charge in [0.2, 0.25) is 0 Å². The second-order valence-electron chi connectivity index (χ2n) is 6.68. The minimum atomic E-state index is -0.622. The largest absolute Gasteiger partial charge is 0.356 e. The molecule has 2 aromatic rings. The smallest absolute Gasteiger partial charge is 0.197 e. The van der Waals surface area contributed by atoms with Crippen LogP contribution in [0.15, 0.2) is 58.1 Å². The van der Waals surface area contributed by atoms with Gasteiger partial charge >= 0.3 is 0 Å². The van der Waals surface area contributed by atoms with Gasteiger partial charge in [-0.25, -0.2) is 4.99 Å². The molecule has 3 rings (SSSR count). The third-order valence-electron chi connectivity index (χ3n) is 3.86. The number of benzene rings is 1. The summed E-state index contributed by atoms with van der Waals surface area (Å²) in [6.07, 6.45) is 4.42. The highest BCUT2D eigenvalue weighted by Gasteiger charge is 2.26. The molecule has 1 unspecified atom stereocenters. The number of thiophene rings is 1. The summed E-state index contributed by atoms with van der Waals surface area (Å²) in [6.45, 7) is 5.19. The molecule has 0 aliphatic carbocycles. The van der Waals surface area contributed by atoms with Gasteiger partial charge in [-0.3, -0.25) is 0 Å². The molecule has 0 saturated carbocycles. The van der Waals surface area contributed by atoms with Crippen LogP contribution in [0.2, 0.25) is 0 Å². The molecule has 1 atom stereocenters. The van der Waals surface area contributed by atoms with Gasteiger partial charge in [-0.15, -0.1) is 11.3 Å². The van der Waals surface area contributed by atoms with Crippen molar-refractivity contribution in [3.05, 3.63) is 58.0 Å². The Morgan fingerprint density at radius 2 is 2.00 bits per heavy atom. The monoisotopic (exact) mass is 418 g/mol. The molecule has 132 valence electrons. The normalized spacial score (nSPS) is 19.6. The maximum atomic E-state index is 6.54. The maximum Gasteiger partial charge on any atom is 0.197 e. The average Bonchev–Trinajstić information content (AvgIpc) is 3.01. The molecule has 2 heterocycles. The summed E-state index contributed by atoms with van der Waals surface area (Å²) < 4.78 is 1.09. The van der Waals surface area contributed by atoms with E-state index in [1.165, 1.54) is 15.3 Å². The Kier molecular flexibility index (Phi) is 5.61. The van der Waals surface area contributed by atoms with Gasteiger partial charge in [-0.1, -0.05) is 41.9 Å². The molecule has 0 amide bonds. The molecule has 6 heteroatoms. The molecule has 1 aliphatic rings. The number of guanidine groups is 1. The highest BCUT2D eigenvalue weighted by atomic mass is 79.9. The Hall–Kier alpha value is -1.63. The first-order valence-corrected chi connectivity index (χ1v) is 9.95. The van der Waals surface area contributed by atoms with Gasteiger partial charge in [-0.2, -0.15) is 0 Å². The van der Waals surface area contributed by atoms with Gasteiger partial charge < -0.3 is 16.4 Å². The summed E-state index contributed by atoms with van der Waals surface area (Å²) in [5.41, 5.74) is 7.14. The lowest BCUT2D eigenvalue weighted by molar-refractivity contribution is 0.473. The molecule has 1 aromatic carbocycles. The minimum Gasteiger partial charge on any atom is -0.356 e. The van der Waals surface area contributed by atoms with Gasteiger partial charge in [-0.05, 0) is 41.8 Å². The van der Waals surface area contributed by atoms with Crippen molar-refractivity contribution in [2.75, 3.05) is 6.54 Å². The Morgan fingerprint density at radius 3 is 2.72 bits per heavy atom. The lowest BCUT2D eigenvalue weighted by atomic mass is 10.1. The van der Waals surface area contributed by atoms with Crippen molar-refractivity contribution in [2.45, 2.75) is 25.9 Å². The van der Waals surface area contributed by atoms with Crippen LogP contribution in [0, 0.1) is 5.92 Å². The third-order valence-corrected chi connectivity index (χ3v) is 5.52. The Morgan fingerprint density at radius 1 is 1.24 bits per heavy atom. The van der Waals surface area contributed by atoms with E-state index in [1.54, 1.807) is 17.5 Å². The number of hydrogen-bond acceptors (Lipinski definition) is 5. The lowest BCUT2D eigenvalue weighted by Gasteiger charge is -2.31. The predicted octanol–water partition coefficient (Wildman–Crippen LogP) is 4.09. The fourth-order valence-corrected chi connectivity index (χ4v) is 3.95. The van der Waals surface area contributed by atoms with E-state index in [4.69, 9.17) is 5.73 Å². The van der Waals surface area contributed by atoms with Crippen LogP contribution in [0.3, 0.4) is 0 Å². The summed E-state index contributed by atoms with van der Waals surface area (Å²) in [4.78, 5) is 6.82. The Bertz CT molecular complexity index is 779. The zero-order valence-corrected chi connectivity index (χ0v) is 16.8. The Labute approximate surface area is 161 Å². The number of nitrogens with two attached hydrogens (primary N) is 1. The summed E-state index contributed by atoms with van der Waals surface area (Å²) >= 11 is 5.25. The van der Waals surface area contributed by atoms with Crippen molar-refractivity contribution in [3.63, 3.8) is 0 Å². The van der Waals surface area contributed by atoms with Crippen LogP contribution in [0.4, 0.5) is 0 Å². The van der Waals surface area contributed by atoms with Gasteiger partial charge in [0.1, 0.15) is 5.66 Å². The summed E-state index contributed by atoms with van der Waals surface area (Å²) in [6, 6.07) is 12.7. The molecule has 0 saturated heterocycles. The third kappa shape index (κ3) is 4.93. The second-order valence-corrected chi connectivity index (χ2v) is 8.77. The maximum absolute atomic E-state index is 6.54. The van der Waals surface area contributed by atoms with E-state index in [0.717, 1.165) is 17.0 Å².